The van der Waals surface area contributed by atoms with E-state index in [2.05, 4.69) is 75.7 Å². The molecule has 1 atom stereocenters. The van der Waals surface area contributed by atoms with E-state index in [9.17, 15) is 0 Å². The standard InChI is InChI=1S/C27H30N4O/c1-3-10-22(11-4-1)20-31-21-24(27(29-31)23-12-5-2-6-13-23)18-28-19-25(26-14-9-17-32-26)30-15-7-8-16-30/h1-6,9-14,17,21,25,28H,7-8,15-16,18-20H2/t25-/m0/s1. The maximum atomic E-state index is 5.78. The number of furan rings is 1. The third kappa shape index (κ3) is 4.85. The predicted molar refractivity (Wildman–Crippen MR) is 127 cm³/mol. The molecule has 0 unspecified atom stereocenters. The maximum Gasteiger partial charge on any atom is 0.122 e. The molecule has 1 N–H and O–H groups in total. The molecule has 0 saturated carbocycles. The summed E-state index contributed by atoms with van der Waals surface area (Å²) in [4.78, 5) is 2.53. The molecule has 1 fully saturated rings. The molecule has 5 heteroatoms. The Hall–Kier alpha value is -3.15. The van der Waals surface area contributed by atoms with Crippen molar-refractivity contribution in [3.63, 3.8) is 0 Å². The largest absolute Gasteiger partial charge is 0.468 e. The zero-order chi connectivity index (χ0) is 21.6. The van der Waals surface area contributed by atoms with Gasteiger partial charge >= 0.3 is 0 Å². The summed E-state index contributed by atoms with van der Waals surface area (Å²) in [5.74, 6) is 1.04. The van der Waals surface area contributed by atoms with Gasteiger partial charge < -0.3 is 9.73 Å². The molecule has 164 valence electrons. The molecule has 4 aromatic rings. The van der Waals surface area contributed by atoms with Crippen molar-refractivity contribution >= 4 is 0 Å². The minimum absolute atomic E-state index is 0.270. The van der Waals surface area contributed by atoms with Crippen LogP contribution in [0.15, 0.2) is 89.7 Å². The average Bonchev–Trinajstić information content (AvgIpc) is 3.61. The van der Waals surface area contributed by atoms with Crippen LogP contribution in [-0.4, -0.2) is 34.3 Å². The molecule has 0 radical (unpaired) electrons. The fourth-order valence-electron chi connectivity index (χ4n) is 4.57. The van der Waals surface area contributed by atoms with Gasteiger partial charge in [-0.15, -0.1) is 0 Å². The second-order valence-corrected chi connectivity index (χ2v) is 8.46. The number of nitrogens with zero attached hydrogens (tertiary/aromatic N) is 3. The Morgan fingerprint density at radius 1 is 0.906 bits per heavy atom. The molecule has 2 aromatic heterocycles. The van der Waals surface area contributed by atoms with Crippen molar-refractivity contribution in [1.29, 1.82) is 0 Å². The van der Waals surface area contributed by atoms with E-state index in [1.54, 1.807) is 6.26 Å². The third-order valence-electron chi connectivity index (χ3n) is 6.18. The third-order valence-corrected chi connectivity index (χ3v) is 6.18. The highest BCUT2D eigenvalue weighted by molar-refractivity contribution is 5.62. The lowest BCUT2D eigenvalue weighted by molar-refractivity contribution is 0.209. The summed E-state index contributed by atoms with van der Waals surface area (Å²) in [5, 5.41) is 8.65. The van der Waals surface area contributed by atoms with Gasteiger partial charge in [-0.3, -0.25) is 9.58 Å². The van der Waals surface area contributed by atoms with Gasteiger partial charge in [0, 0.05) is 30.4 Å². The molecular weight excluding hydrogens is 396 g/mol. The van der Waals surface area contributed by atoms with Gasteiger partial charge in [0.2, 0.25) is 0 Å². The van der Waals surface area contributed by atoms with E-state index in [-0.39, 0.29) is 6.04 Å². The first-order valence-electron chi connectivity index (χ1n) is 11.5. The van der Waals surface area contributed by atoms with Crippen molar-refractivity contribution in [3.05, 3.63) is 102 Å². The number of hydrogen-bond donors (Lipinski definition) is 1. The van der Waals surface area contributed by atoms with Crippen molar-refractivity contribution < 1.29 is 4.42 Å². The smallest absolute Gasteiger partial charge is 0.122 e. The number of likely N-dealkylation sites (tertiary alicyclic amines) is 1. The zero-order valence-corrected chi connectivity index (χ0v) is 18.4. The minimum atomic E-state index is 0.270. The first-order valence-corrected chi connectivity index (χ1v) is 11.5. The molecule has 5 rings (SSSR count). The first-order chi connectivity index (χ1) is 15.9. The van der Waals surface area contributed by atoms with E-state index in [1.165, 1.54) is 24.0 Å². The quantitative estimate of drug-likeness (QED) is 0.404. The van der Waals surface area contributed by atoms with Crippen LogP contribution in [0.4, 0.5) is 0 Å². The zero-order valence-electron chi connectivity index (χ0n) is 18.4. The van der Waals surface area contributed by atoms with Crippen LogP contribution in [-0.2, 0) is 13.1 Å². The highest BCUT2D eigenvalue weighted by Gasteiger charge is 2.25. The Kier molecular flexibility index (Phi) is 6.47. The summed E-state index contributed by atoms with van der Waals surface area (Å²) >= 11 is 0. The normalized spacial score (nSPS) is 15.2. The van der Waals surface area contributed by atoms with Gasteiger partial charge in [-0.1, -0.05) is 60.7 Å². The van der Waals surface area contributed by atoms with Crippen LogP contribution in [0.3, 0.4) is 0 Å². The number of aromatic nitrogens is 2. The number of rotatable bonds is 9. The van der Waals surface area contributed by atoms with Gasteiger partial charge in [-0.05, 0) is 43.6 Å². The highest BCUT2D eigenvalue weighted by Crippen LogP contribution is 2.26. The molecule has 1 aliphatic heterocycles. The number of hydrogen-bond acceptors (Lipinski definition) is 4. The second-order valence-electron chi connectivity index (χ2n) is 8.46. The molecule has 5 nitrogen and oxygen atoms in total. The fourth-order valence-corrected chi connectivity index (χ4v) is 4.57. The van der Waals surface area contributed by atoms with Gasteiger partial charge in [0.25, 0.3) is 0 Å². The van der Waals surface area contributed by atoms with Crippen molar-refractivity contribution in [3.8, 4) is 11.3 Å². The minimum Gasteiger partial charge on any atom is -0.468 e. The fraction of sp³-hybridized carbons (Fsp3) is 0.296. The number of benzene rings is 2. The predicted octanol–water partition coefficient (Wildman–Crippen LogP) is 5.12. The molecular formula is C27H30N4O. The Labute approximate surface area is 189 Å². The lowest BCUT2D eigenvalue weighted by Crippen LogP contribution is -2.33. The van der Waals surface area contributed by atoms with Gasteiger partial charge in [0.1, 0.15) is 5.76 Å². The average molecular weight is 427 g/mol. The Balaban J connectivity index is 1.33. The highest BCUT2D eigenvalue weighted by atomic mass is 16.3. The molecule has 3 heterocycles. The molecule has 0 spiro atoms. The van der Waals surface area contributed by atoms with E-state index in [0.29, 0.717) is 0 Å². The van der Waals surface area contributed by atoms with Crippen molar-refractivity contribution in [1.82, 2.24) is 20.0 Å². The van der Waals surface area contributed by atoms with Crippen LogP contribution in [0.25, 0.3) is 11.3 Å². The molecule has 1 aliphatic rings. The van der Waals surface area contributed by atoms with Gasteiger partial charge in [0.15, 0.2) is 0 Å². The monoisotopic (exact) mass is 426 g/mol. The molecule has 2 aromatic carbocycles. The molecule has 0 amide bonds. The molecule has 0 bridgehead atoms. The van der Waals surface area contributed by atoms with Crippen LogP contribution in [0.5, 0.6) is 0 Å². The summed E-state index contributed by atoms with van der Waals surface area (Å²) in [6.45, 7) is 4.66. The van der Waals surface area contributed by atoms with Gasteiger partial charge in [0.05, 0.1) is 24.5 Å². The van der Waals surface area contributed by atoms with Crippen molar-refractivity contribution in [2.24, 2.45) is 0 Å². The first kappa shape index (κ1) is 20.7. The maximum absolute atomic E-state index is 5.78. The van der Waals surface area contributed by atoms with E-state index in [4.69, 9.17) is 9.52 Å². The van der Waals surface area contributed by atoms with Crippen LogP contribution < -0.4 is 5.32 Å². The van der Waals surface area contributed by atoms with E-state index in [1.807, 2.05) is 18.2 Å². The second kappa shape index (κ2) is 9.98. The summed E-state index contributed by atoms with van der Waals surface area (Å²) in [5.41, 5.74) is 4.66. The Morgan fingerprint density at radius 2 is 1.66 bits per heavy atom. The molecule has 1 saturated heterocycles. The van der Waals surface area contributed by atoms with Gasteiger partial charge in [-0.2, -0.15) is 5.10 Å². The summed E-state index contributed by atoms with van der Waals surface area (Å²) in [7, 11) is 0. The Bertz CT molecular complexity index is 1080. The van der Waals surface area contributed by atoms with Gasteiger partial charge in [-0.25, -0.2) is 0 Å². The van der Waals surface area contributed by atoms with Crippen molar-refractivity contribution in [2.75, 3.05) is 19.6 Å². The lowest BCUT2D eigenvalue weighted by atomic mass is 10.1. The summed E-state index contributed by atoms with van der Waals surface area (Å²) in [6.07, 6.45) is 6.49. The lowest BCUT2D eigenvalue weighted by Gasteiger charge is -2.26. The van der Waals surface area contributed by atoms with Crippen LogP contribution in [0, 0.1) is 0 Å². The topological polar surface area (TPSA) is 46.2 Å². The number of nitrogens with one attached hydrogen (secondary N) is 1. The van der Waals surface area contributed by atoms with E-state index < -0.39 is 0 Å². The summed E-state index contributed by atoms with van der Waals surface area (Å²) < 4.78 is 7.83. The van der Waals surface area contributed by atoms with Crippen LogP contribution >= 0.6 is 0 Å². The molecule has 32 heavy (non-hydrogen) atoms. The van der Waals surface area contributed by atoms with E-state index in [0.717, 1.165) is 49.7 Å². The van der Waals surface area contributed by atoms with Crippen LogP contribution in [0.1, 0.15) is 35.8 Å². The van der Waals surface area contributed by atoms with Crippen LogP contribution in [0.2, 0.25) is 0 Å². The Morgan fingerprint density at radius 3 is 2.38 bits per heavy atom. The SMILES string of the molecule is c1ccc(Cn2cc(CNC[C@@H](c3ccco3)N3CCCC3)c(-c3ccccc3)n2)cc1. The molecule has 0 aliphatic carbocycles. The van der Waals surface area contributed by atoms with Crippen molar-refractivity contribution in [2.45, 2.75) is 32.0 Å². The summed E-state index contributed by atoms with van der Waals surface area (Å²) in [6, 6.07) is 25.3. The van der Waals surface area contributed by atoms with E-state index >= 15 is 0 Å².